The highest BCUT2D eigenvalue weighted by molar-refractivity contribution is 5.44. The zero-order valence-electron chi connectivity index (χ0n) is 11.1. The fourth-order valence-corrected chi connectivity index (χ4v) is 2.43. The summed E-state index contributed by atoms with van der Waals surface area (Å²) in [6, 6.07) is 3.00. The van der Waals surface area contributed by atoms with Gasteiger partial charge in [0.25, 0.3) is 0 Å². The summed E-state index contributed by atoms with van der Waals surface area (Å²) in [6.07, 6.45) is -0.0965. The fourth-order valence-electron chi connectivity index (χ4n) is 2.43. The monoisotopic (exact) mass is 253 g/mol. The topological polar surface area (TPSA) is 30.5 Å². The first-order chi connectivity index (χ1) is 8.63. The number of rotatable bonds is 3. The molecule has 2 rings (SSSR count). The third kappa shape index (κ3) is 2.65. The van der Waals surface area contributed by atoms with Crippen LogP contribution < -0.4 is 10.1 Å². The van der Waals surface area contributed by atoms with Crippen molar-refractivity contribution >= 4 is 0 Å². The van der Waals surface area contributed by atoms with E-state index in [2.05, 4.69) is 19.2 Å². The van der Waals surface area contributed by atoms with E-state index in [-0.39, 0.29) is 17.8 Å². The lowest BCUT2D eigenvalue weighted by Gasteiger charge is -2.28. The van der Waals surface area contributed by atoms with Gasteiger partial charge in [-0.25, -0.2) is 4.39 Å². The standard InChI is InChI=1S/C14H20FNO2/c1-9(2)14-11(13-8-16-4-5-18-13)6-10(15)7-12(14)17-3/h6-7,9,13,16H,4-5,8H2,1-3H3. The number of halogens is 1. The Kier molecular flexibility index (Phi) is 4.19. The number of benzene rings is 1. The molecule has 1 aliphatic heterocycles. The number of nitrogens with one attached hydrogen (secondary N) is 1. The number of hydrogen-bond acceptors (Lipinski definition) is 3. The summed E-state index contributed by atoms with van der Waals surface area (Å²) in [5.74, 6) is 0.593. The summed E-state index contributed by atoms with van der Waals surface area (Å²) >= 11 is 0. The van der Waals surface area contributed by atoms with E-state index in [9.17, 15) is 4.39 Å². The molecule has 3 nitrogen and oxygen atoms in total. The molecule has 0 radical (unpaired) electrons. The molecule has 1 unspecified atom stereocenters. The van der Waals surface area contributed by atoms with Crippen LogP contribution in [0, 0.1) is 5.82 Å². The van der Waals surface area contributed by atoms with Gasteiger partial charge in [-0.3, -0.25) is 0 Å². The van der Waals surface area contributed by atoms with Gasteiger partial charge < -0.3 is 14.8 Å². The summed E-state index contributed by atoms with van der Waals surface area (Å²) in [5.41, 5.74) is 1.93. The lowest BCUT2D eigenvalue weighted by molar-refractivity contribution is 0.0267. The van der Waals surface area contributed by atoms with Gasteiger partial charge in [0.2, 0.25) is 0 Å². The molecular weight excluding hydrogens is 233 g/mol. The zero-order valence-corrected chi connectivity index (χ0v) is 11.1. The van der Waals surface area contributed by atoms with Crippen LogP contribution in [-0.2, 0) is 4.74 Å². The summed E-state index contributed by atoms with van der Waals surface area (Å²) < 4.78 is 24.7. The average Bonchev–Trinajstić information content (AvgIpc) is 2.38. The van der Waals surface area contributed by atoms with E-state index in [0.717, 1.165) is 17.7 Å². The predicted octanol–water partition coefficient (Wildman–Crippen LogP) is 2.62. The number of morpholine rings is 1. The van der Waals surface area contributed by atoms with Gasteiger partial charge in [0.1, 0.15) is 11.6 Å². The molecule has 18 heavy (non-hydrogen) atoms. The average molecular weight is 253 g/mol. The molecule has 0 aromatic heterocycles. The first-order valence-electron chi connectivity index (χ1n) is 6.33. The van der Waals surface area contributed by atoms with Crippen molar-refractivity contribution in [1.29, 1.82) is 0 Å². The molecule has 1 aromatic carbocycles. The second-order valence-electron chi connectivity index (χ2n) is 4.83. The molecule has 0 aliphatic carbocycles. The lowest BCUT2D eigenvalue weighted by Crippen LogP contribution is -2.34. The SMILES string of the molecule is COc1cc(F)cc(C2CNCCO2)c1C(C)C. The van der Waals surface area contributed by atoms with Crippen LogP contribution in [0.2, 0.25) is 0 Å². The third-order valence-corrected chi connectivity index (χ3v) is 3.21. The van der Waals surface area contributed by atoms with E-state index in [0.29, 0.717) is 18.9 Å². The van der Waals surface area contributed by atoms with E-state index in [1.807, 2.05) is 0 Å². The van der Waals surface area contributed by atoms with E-state index < -0.39 is 0 Å². The Labute approximate surface area is 107 Å². The van der Waals surface area contributed by atoms with Gasteiger partial charge >= 0.3 is 0 Å². The Morgan fingerprint density at radius 2 is 2.22 bits per heavy atom. The highest BCUT2D eigenvalue weighted by Crippen LogP contribution is 2.35. The molecule has 1 fully saturated rings. The van der Waals surface area contributed by atoms with Crippen molar-refractivity contribution in [3.05, 3.63) is 29.1 Å². The quantitative estimate of drug-likeness (QED) is 0.898. The summed E-state index contributed by atoms with van der Waals surface area (Å²) in [7, 11) is 1.57. The number of methoxy groups -OCH3 is 1. The Morgan fingerprint density at radius 3 is 2.78 bits per heavy atom. The van der Waals surface area contributed by atoms with E-state index in [1.54, 1.807) is 13.2 Å². The van der Waals surface area contributed by atoms with E-state index >= 15 is 0 Å². The summed E-state index contributed by atoms with van der Waals surface area (Å²) in [5, 5.41) is 3.27. The van der Waals surface area contributed by atoms with Crippen LogP contribution in [-0.4, -0.2) is 26.8 Å². The van der Waals surface area contributed by atoms with Crippen molar-refractivity contribution in [3.8, 4) is 5.75 Å². The van der Waals surface area contributed by atoms with Crippen molar-refractivity contribution in [3.63, 3.8) is 0 Å². The molecule has 0 spiro atoms. The zero-order chi connectivity index (χ0) is 13.1. The van der Waals surface area contributed by atoms with E-state index in [1.165, 1.54) is 6.07 Å². The number of ether oxygens (including phenoxy) is 2. The third-order valence-electron chi connectivity index (χ3n) is 3.21. The molecular formula is C14H20FNO2. The first-order valence-corrected chi connectivity index (χ1v) is 6.33. The molecule has 100 valence electrons. The molecule has 1 aromatic rings. The minimum atomic E-state index is -0.277. The fraction of sp³-hybridized carbons (Fsp3) is 0.571. The smallest absolute Gasteiger partial charge is 0.127 e. The van der Waals surface area contributed by atoms with Gasteiger partial charge in [-0.2, -0.15) is 0 Å². The maximum absolute atomic E-state index is 13.7. The minimum Gasteiger partial charge on any atom is -0.496 e. The van der Waals surface area contributed by atoms with Crippen LogP contribution >= 0.6 is 0 Å². The molecule has 1 atom stereocenters. The minimum absolute atomic E-state index is 0.0965. The largest absolute Gasteiger partial charge is 0.496 e. The molecule has 4 heteroatoms. The maximum Gasteiger partial charge on any atom is 0.127 e. The number of hydrogen-bond donors (Lipinski definition) is 1. The summed E-state index contributed by atoms with van der Waals surface area (Å²) in [6.45, 7) is 6.37. The van der Waals surface area contributed by atoms with Gasteiger partial charge in [0, 0.05) is 24.7 Å². The van der Waals surface area contributed by atoms with Crippen LogP contribution in [0.3, 0.4) is 0 Å². The Balaban J connectivity index is 2.45. The molecule has 0 amide bonds. The van der Waals surface area contributed by atoms with Crippen LogP contribution in [0.15, 0.2) is 12.1 Å². The first kappa shape index (κ1) is 13.3. The Bertz CT molecular complexity index is 415. The van der Waals surface area contributed by atoms with Crippen molar-refractivity contribution in [1.82, 2.24) is 5.32 Å². The normalized spacial score (nSPS) is 20.2. The van der Waals surface area contributed by atoms with Gasteiger partial charge in [0.15, 0.2) is 0 Å². The van der Waals surface area contributed by atoms with Crippen molar-refractivity contribution in [2.75, 3.05) is 26.8 Å². The van der Waals surface area contributed by atoms with Crippen LogP contribution in [0.1, 0.15) is 37.0 Å². The second-order valence-corrected chi connectivity index (χ2v) is 4.83. The Hall–Kier alpha value is -1.13. The molecule has 1 heterocycles. The van der Waals surface area contributed by atoms with E-state index in [4.69, 9.17) is 9.47 Å². The van der Waals surface area contributed by atoms with Gasteiger partial charge in [0.05, 0.1) is 19.8 Å². The molecule has 1 aliphatic rings. The van der Waals surface area contributed by atoms with Crippen LogP contribution in [0.5, 0.6) is 5.75 Å². The van der Waals surface area contributed by atoms with Crippen LogP contribution in [0.25, 0.3) is 0 Å². The van der Waals surface area contributed by atoms with Gasteiger partial charge in [-0.1, -0.05) is 13.8 Å². The maximum atomic E-state index is 13.7. The van der Waals surface area contributed by atoms with Gasteiger partial charge in [-0.15, -0.1) is 0 Å². The second kappa shape index (κ2) is 5.67. The molecule has 0 saturated carbocycles. The van der Waals surface area contributed by atoms with Crippen molar-refractivity contribution < 1.29 is 13.9 Å². The molecule has 1 saturated heterocycles. The highest BCUT2D eigenvalue weighted by atomic mass is 19.1. The van der Waals surface area contributed by atoms with Crippen molar-refractivity contribution in [2.45, 2.75) is 25.9 Å². The highest BCUT2D eigenvalue weighted by Gasteiger charge is 2.23. The lowest BCUT2D eigenvalue weighted by atomic mass is 9.92. The van der Waals surface area contributed by atoms with Crippen LogP contribution in [0.4, 0.5) is 4.39 Å². The molecule has 0 bridgehead atoms. The predicted molar refractivity (Wildman–Crippen MR) is 68.6 cm³/mol. The summed E-state index contributed by atoms with van der Waals surface area (Å²) in [4.78, 5) is 0. The van der Waals surface area contributed by atoms with Crippen molar-refractivity contribution in [2.24, 2.45) is 0 Å². The molecule has 1 N–H and O–H groups in total. The van der Waals surface area contributed by atoms with Gasteiger partial charge in [-0.05, 0) is 17.5 Å². The Morgan fingerprint density at radius 1 is 1.44 bits per heavy atom.